The van der Waals surface area contributed by atoms with E-state index in [1.165, 1.54) is 16.0 Å². The van der Waals surface area contributed by atoms with Gasteiger partial charge in [0.25, 0.3) is 0 Å². The van der Waals surface area contributed by atoms with Gasteiger partial charge in [0.1, 0.15) is 24.7 Å². The summed E-state index contributed by atoms with van der Waals surface area (Å²) in [7, 11) is 0. The smallest absolute Gasteiger partial charge is 0.133 e. The lowest BCUT2D eigenvalue weighted by Gasteiger charge is -2.29. The van der Waals surface area contributed by atoms with Crippen LogP contribution in [0.5, 0.6) is 0 Å². The van der Waals surface area contributed by atoms with Crippen LogP contribution >= 0.6 is 23.4 Å². The lowest BCUT2D eigenvalue weighted by atomic mass is 10.1. The molecule has 0 aliphatic carbocycles. The summed E-state index contributed by atoms with van der Waals surface area (Å²) in [4.78, 5) is 1.28. The number of allylic oxidation sites excluding steroid dienone is 1. The quantitative estimate of drug-likeness (QED) is 0.291. The second-order valence-corrected chi connectivity index (χ2v) is 8.77. The fourth-order valence-corrected chi connectivity index (χ4v) is 4.69. The summed E-state index contributed by atoms with van der Waals surface area (Å²) < 4.78 is 0.514. The van der Waals surface area contributed by atoms with E-state index in [4.69, 9.17) is 16.7 Å². The van der Waals surface area contributed by atoms with Gasteiger partial charge in [-0.15, -0.1) is 23.4 Å². The molecule has 0 spiro atoms. The number of quaternary nitrogens is 1. The second-order valence-electron chi connectivity index (χ2n) is 6.76. The third-order valence-electron chi connectivity index (χ3n) is 4.68. The maximum absolute atomic E-state index is 6.94. The Bertz CT molecular complexity index is 761. The Morgan fingerprint density at radius 1 is 1.08 bits per heavy atom. The molecule has 3 unspecified atom stereocenters. The second kappa shape index (κ2) is 8.90. The molecule has 0 amide bonds. The topological polar surface area (TPSA) is 12.4 Å². The molecule has 1 heterocycles. The molecule has 0 fully saturated rings. The Morgan fingerprint density at radius 3 is 2.50 bits per heavy atom. The van der Waals surface area contributed by atoms with Gasteiger partial charge < -0.3 is 0 Å². The van der Waals surface area contributed by atoms with Gasteiger partial charge in [-0.3, -0.25) is 0 Å². The number of rotatable bonds is 8. The minimum atomic E-state index is -0.0913. The average Bonchev–Trinajstić information content (AvgIpc) is 3.10. The van der Waals surface area contributed by atoms with E-state index in [-0.39, 0.29) is 5.38 Å². The van der Waals surface area contributed by atoms with E-state index < -0.39 is 0 Å². The number of halogens is 1. The molecule has 1 aliphatic rings. The van der Waals surface area contributed by atoms with Crippen molar-refractivity contribution in [3.05, 3.63) is 78.0 Å². The zero-order chi connectivity index (χ0) is 18.4. The first kappa shape index (κ1) is 19.2. The van der Waals surface area contributed by atoms with Crippen LogP contribution in [0.2, 0.25) is 0 Å². The molecule has 136 valence electrons. The molecule has 0 saturated heterocycles. The van der Waals surface area contributed by atoms with Crippen molar-refractivity contribution in [2.75, 3.05) is 6.54 Å². The van der Waals surface area contributed by atoms with Crippen LogP contribution in [0.4, 0.5) is 0 Å². The summed E-state index contributed by atoms with van der Waals surface area (Å²) >= 11 is 8.85. The molecule has 26 heavy (non-hydrogen) atoms. The average molecular weight is 386 g/mol. The van der Waals surface area contributed by atoms with Crippen molar-refractivity contribution in [2.45, 2.75) is 42.3 Å². The van der Waals surface area contributed by atoms with Crippen LogP contribution < -0.4 is 0 Å². The molecular formula is C22H26ClN2S+. The molecule has 3 rings (SSSR count). The Hall–Kier alpha value is -1.55. The minimum absolute atomic E-state index is 0.0913. The molecular weight excluding hydrogens is 360 g/mol. The van der Waals surface area contributed by atoms with Gasteiger partial charge in [0.05, 0.1) is 6.21 Å². The number of thioether (sulfide) groups is 1. The van der Waals surface area contributed by atoms with Crippen molar-refractivity contribution in [2.24, 2.45) is 5.10 Å². The van der Waals surface area contributed by atoms with Crippen molar-refractivity contribution in [3.63, 3.8) is 0 Å². The summed E-state index contributed by atoms with van der Waals surface area (Å²) in [5.41, 5.74) is 2.47. The van der Waals surface area contributed by atoms with Gasteiger partial charge in [-0.1, -0.05) is 67.5 Å². The molecule has 0 radical (unpaired) electrons. The molecule has 0 aromatic heterocycles. The number of hydrogen-bond acceptors (Lipinski definition) is 2. The van der Waals surface area contributed by atoms with Gasteiger partial charge >= 0.3 is 0 Å². The number of hydrogen-bond donors (Lipinski definition) is 0. The third-order valence-corrected chi connectivity index (χ3v) is 6.42. The first-order chi connectivity index (χ1) is 12.6. The maximum atomic E-state index is 6.94. The summed E-state index contributed by atoms with van der Waals surface area (Å²) in [6, 6.07) is 19.0. The van der Waals surface area contributed by atoms with Crippen LogP contribution in [0.15, 0.2) is 76.9 Å². The van der Waals surface area contributed by atoms with Crippen molar-refractivity contribution < 1.29 is 4.59 Å². The normalized spacial score (nSPS) is 21.0. The van der Waals surface area contributed by atoms with Crippen molar-refractivity contribution >= 4 is 29.6 Å². The number of alkyl halides is 1. The maximum Gasteiger partial charge on any atom is 0.133 e. The summed E-state index contributed by atoms with van der Waals surface area (Å²) in [5, 5.41) is 5.23. The number of benzene rings is 2. The Balaban J connectivity index is 1.80. The summed E-state index contributed by atoms with van der Waals surface area (Å²) in [6.07, 6.45) is 7.19. The minimum Gasteiger partial charge on any atom is -0.166 e. The zero-order valence-electron chi connectivity index (χ0n) is 15.4. The molecule has 0 saturated carbocycles. The van der Waals surface area contributed by atoms with Crippen molar-refractivity contribution in [1.82, 2.24) is 0 Å². The lowest BCUT2D eigenvalue weighted by molar-refractivity contribution is -0.897. The molecule has 1 aliphatic heterocycles. The monoisotopic (exact) mass is 385 g/mol. The molecule has 0 N–H and O–H groups in total. The van der Waals surface area contributed by atoms with Gasteiger partial charge in [-0.05, 0) is 18.1 Å². The van der Waals surface area contributed by atoms with Crippen LogP contribution in [0.1, 0.15) is 36.8 Å². The zero-order valence-corrected chi connectivity index (χ0v) is 17.0. The molecule has 2 aromatic rings. The number of nitrogens with zero attached hydrogens (tertiary/aromatic N) is 2. The van der Waals surface area contributed by atoms with E-state index in [0.717, 1.165) is 19.5 Å². The van der Waals surface area contributed by atoms with Gasteiger partial charge in [-0.2, -0.15) is 4.59 Å². The predicted octanol–water partition coefficient (Wildman–Crippen LogP) is 6.39. The fraction of sp³-hybridized carbons (Fsp3) is 0.318. The van der Waals surface area contributed by atoms with Crippen molar-refractivity contribution in [1.29, 1.82) is 0 Å². The van der Waals surface area contributed by atoms with Gasteiger partial charge in [0.15, 0.2) is 0 Å². The van der Waals surface area contributed by atoms with Crippen LogP contribution in [-0.4, -0.2) is 22.6 Å². The third kappa shape index (κ3) is 4.79. The SMILES string of the molecule is CCC(C)Sc1ccccc1C(Cl)C[N+]1(Cc2ccccc2)C=CC=N1. The van der Waals surface area contributed by atoms with E-state index in [9.17, 15) is 0 Å². The van der Waals surface area contributed by atoms with E-state index in [0.29, 0.717) is 9.84 Å². The molecule has 2 nitrogen and oxygen atoms in total. The Labute approximate surface area is 166 Å². The summed E-state index contributed by atoms with van der Waals surface area (Å²) in [6.45, 7) is 6.04. The van der Waals surface area contributed by atoms with Crippen LogP contribution in [0.25, 0.3) is 0 Å². The van der Waals surface area contributed by atoms with Crippen LogP contribution in [0.3, 0.4) is 0 Å². The first-order valence-electron chi connectivity index (χ1n) is 9.15. The van der Waals surface area contributed by atoms with E-state index in [1.807, 2.05) is 30.1 Å². The van der Waals surface area contributed by atoms with E-state index in [1.54, 1.807) is 0 Å². The van der Waals surface area contributed by atoms with Gasteiger partial charge in [-0.25, -0.2) is 0 Å². The standard InChI is InChI=1S/C22H26ClN2S/c1-3-18(2)26-22-13-8-7-12-20(22)21(23)17-25(15-9-14-24-25)16-19-10-5-4-6-11-19/h4-15,18,21H,3,16-17H2,1-2H3/q+1. The van der Waals surface area contributed by atoms with E-state index in [2.05, 4.69) is 68.6 Å². The largest absolute Gasteiger partial charge is 0.166 e. The first-order valence-corrected chi connectivity index (χ1v) is 10.5. The van der Waals surface area contributed by atoms with Gasteiger partial charge in [0, 0.05) is 21.8 Å². The van der Waals surface area contributed by atoms with Crippen LogP contribution in [0, 0.1) is 0 Å². The highest BCUT2D eigenvalue weighted by Crippen LogP contribution is 2.36. The molecule has 4 heteroatoms. The van der Waals surface area contributed by atoms with Gasteiger partial charge in [0.2, 0.25) is 0 Å². The summed E-state index contributed by atoms with van der Waals surface area (Å²) in [5.74, 6) is 0. The lowest BCUT2D eigenvalue weighted by Crippen LogP contribution is -2.37. The van der Waals surface area contributed by atoms with Crippen molar-refractivity contribution in [3.8, 4) is 0 Å². The molecule has 0 bridgehead atoms. The molecule has 3 atom stereocenters. The molecule has 2 aromatic carbocycles. The predicted molar refractivity (Wildman–Crippen MR) is 114 cm³/mol. The highest BCUT2D eigenvalue weighted by atomic mass is 35.5. The highest BCUT2D eigenvalue weighted by Gasteiger charge is 2.32. The van der Waals surface area contributed by atoms with E-state index >= 15 is 0 Å². The fourth-order valence-electron chi connectivity index (χ4n) is 3.10. The van der Waals surface area contributed by atoms with Crippen LogP contribution in [-0.2, 0) is 6.54 Å². The highest BCUT2D eigenvalue weighted by molar-refractivity contribution is 8.00. The Kier molecular flexibility index (Phi) is 6.58. The Morgan fingerprint density at radius 2 is 1.81 bits per heavy atom.